The van der Waals surface area contributed by atoms with E-state index in [1.807, 2.05) is 36.1 Å². The van der Waals surface area contributed by atoms with Crippen LogP contribution in [0.15, 0.2) is 59.4 Å². The first-order chi connectivity index (χ1) is 16.0. The molecule has 1 amide bonds. The van der Waals surface area contributed by atoms with Crippen LogP contribution in [0.3, 0.4) is 0 Å². The zero-order valence-corrected chi connectivity index (χ0v) is 18.9. The molecule has 0 N–H and O–H groups in total. The van der Waals surface area contributed by atoms with Crippen LogP contribution in [0.4, 0.5) is 4.39 Å². The van der Waals surface area contributed by atoms with Gasteiger partial charge in [-0.25, -0.2) is 9.37 Å². The topological polar surface area (TPSA) is 70.8 Å². The minimum atomic E-state index is -0.321. The first-order valence-corrected chi connectivity index (χ1v) is 11.5. The van der Waals surface area contributed by atoms with Gasteiger partial charge in [0.25, 0.3) is 11.5 Å². The van der Waals surface area contributed by atoms with Gasteiger partial charge in [-0.1, -0.05) is 29.5 Å². The van der Waals surface area contributed by atoms with Crippen molar-refractivity contribution in [1.29, 1.82) is 0 Å². The van der Waals surface area contributed by atoms with Gasteiger partial charge in [0.05, 0.1) is 5.69 Å². The van der Waals surface area contributed by atoms with Crippen LogP contribution in [0.1, 0.15) is 21.6 Å². The van der Waals surface area contributed by atoms with E-state index < -0.39 is 0 Å². The first kappa shape index (κ1) is 21.4. The van der Waals surface area contributed by atoms with Crippen molar-refractivity contribution in [2.24, 2.45) is 0 Å². The minimum Gasteiger partial charge on any atom is -0.336 e. The van der Waals surface area contributed by atoms with Crippen LogP contribution in [-0.2, 0) is 6.54 Å². The molecule has 2 aromatic carbocycles. The van der Waals surface area contributed by atoms with Gasteiger partial charge in [0.15, 0.2) is 0 Å². The summed E-state index contributed by atoms with van der Waals surface area (Å²) >= 11 is 1.30. The number of nitrogens with zero attached hydrogens (tertiary/aromatic N) is 5. The Bertz CT molecular complexity index is 1370. The number of benzene rings is 2. The molecule has 0 saturated carbocycles. The Kier molecular flexibility index (Phi) is 5.74. The van der Waals surface area contributed by atoms with Gasteiger partial charge in [0, 0.05) is 49.9 Å². The second-order valence-corrected chi connectivity index (χ2v) is 9.03. The van der Waals surface area contributed by atoms with Gasteiger partial charge in [-0.15, -0.1) is 0 Å². The largest absolute Gasteiger partial charge is 0.336 e. The first-order valence-electron chi connectivity index (χ1n) is 10.7. The van der Waals surface area contributed by atoms with Gasteiger partial charge in [0.1, 0.15) is 10.8 Å². The highest BCUT2D eigenvalue weighted by molar-refractivity contribution is 7.19. The number of carbonyl (C=O) groups is 1. The van der Waals surface area contributed by atoms with Gasteiger partial charge in [-0.2, -0.15) is 9.61 Å². The van der Waals surface area contributed by atoms with Crippen molar-refractivity contribution in [1.82, 2.24) is 24.4 Å². The number of fused-ring (bicyclic) bond motifs is 1. The lowest BCUT2D eigenvalue weighted by atomic mass is 10.1. The summed E-state index contributed by atoms with van der Waals surface area (Å²) in [6.45, 7) is 5.16. The average molecular weight is 464 g/mol. The Balaban J connectivity index is 1.28. The molecule has 2 aromatic heterocycles. The number of piperazine rings is 1. The average Bonchev–Trinajstić information content (AvgIpc) is 3.25. The number of rotatable bonds is 4. The Morgan fingerprint density at radius 1 is 1.06 bits per heavy atom. The van der Waals surface area contributed by atoms with Crippen LogP contribution in [0.25, 0.3) is 15.5 Å². The highest BCUT2D eigenvalue weighted by Gasteiger charge is 2.23. The lowest BCUT2D eigenvalue weighted by molar-refractivity contribution is 0.0626. The Morgan fingerprint density at radius 2 is 1.79 bits per heavy atom. The molecule has 0 radical (unpaired) electrons. The van der Waals surface area contributed by atoms with E-state index in [4.69, 9.17) is 0 Å². The molecule has 7 nitrogen and oxygen atoms in total. The predicted molar refractivity (Wildman–Crippen MR) is 125 cm³/mol. The highest BCUT2D eigenvalue weighted by Crippen LogP contribution is 2.24. The molecular weight excluding hydrogens is 441 g/mol. The number of amides is 1. The quantitative estimate of drug-likeness (QED) is 0.465. The molecule has 1 aliphatic rings. The summed E-state index contributed by atoms with van der Waals surface area (Å²) in [7, 11) is 0. The molecule has 1 aliphatic heterocycles. The normalized spacial score (nSPS) is 14.7. The maximum Gasteiger partial charge on any atom is 0.275 e. The van der Waals surface area contributed by atoms with Crippen molar-refractivity contribution < 1.29 is 9.18 Å². The van der Waals surface area contributed by atoms with Gasteiger partial charge in [0.2, 0.25) is 4.96 Å². The molecule has 4 aromatic rings. The van der Waals surface area contributed by atoms with Gasteiger partial charge >= 0.3 is 0 Å². The number of aromatic nitrogens is 3. The van der Waals surface area contributed by atoms with E-state index in [1.54, 1.807) is 12.1 Å². The van der Waals surface area contributed by atoms with E-state index in [9.17, 15) is 14.0 Å². The van der Waals surface area contributed by atoms with Crippen LogP contribution in [0, 0.1) is 12.7 Å². The lowest BCUT2D eigenvalue weighted by Gasteiger charge is -2.34. The fourth-order valence-electron chi connectivity index (χ4n) is 3.97. The summed E-state index contributed by atoms with van der Waals surface area (Å²) in [5, 5.41) is 4.96. The minimum absolute atomic E-state index is 0.0588. The van der Waals surface area contributed by atoms with Crippen molar-refractivity contribution in [2.45, 2.75) is 13.5 Å². The summed E-state index contributed by atoms with van der Waals surface area (Å²) < 4.78 is 14.5. The zero-order chi connectivity index (χ0) is 22.9. The number of halogens is 1. The van der Waals surface area contributed by atoms with Crippen LogP contribution in [0.5, 0.6) is 0 Å². The monoisotopic (exact) mass is 463 g/mol. The highest BCUT2D eigenvalue weighted by atomic mass is 32.1. The molecular formula is C24H22FN5O2S. The third kappa shape index (κ3) is 4.42. The smallest absolute Gasteiger partial charge is 0.275 e. The van der Waals surface area contributed by atoms with Crippen molar-refractivity contribution in [3.05, 3.63) is 87.6 Å². The lowest BCUT2D eigenvalue weighted by Crippen LogP contribution is -2.48. The molecule has 33 heavy (non-hydrogen) atoms. The molecule has 3 heterocycles. The van der Waals surface area contributed by atoms with E-state index in [1.165, 1.54) is 34.1 Å². The van der Waals surface area contributed by atoms with E-state index in [-0.39, 0.29) is 17.3 Å². The molecule has 0 aliphatic carbocycles. The van der Waals surface area contributed by atoms with Crippen molar-refractivity contribution in [3.63, 3.8) is 0 Å². The van der Waals surface area contributed by atoms with Crippen molar-refractivity contribution >= 4 is 22.2 Å². The molecule has 168 valence electrons. The van der Waals surface area contributed by atoms with Crippen LogP contribution >= 0.6 is 11.3 Å². The molecule has 0 bridgehead atoms. The summed E-state index contributed by atoms with van der Waals surface area (Å²) in [4.78, 5) is 34.7. The fraction of sp³-hybridized carbons (Fsp3) is 0.250. The molecule has 0 atom stereocenters. The van der Waals surface area contributed by atoms with Gasteiger partial charge < -0.3 is 4.90 Å². The third-order valence-corrected chi connectivity index (χ3v) is 6.77. The van der Waals surface area contributed by atoms with E-state index >= 15 is 0 Å². The van der Waals surface area contributed by atoms with E-state index in [2.05, 4.69) is 15.0 Å². The van der Waals surface area contributed by atoms with Crippen molar-refractivity contribution in [2.75, 3.05) is 26.2 Å². The Labute approximate surface area is 193 Å². The second-order valence-electron chi connectivity index (χ2n) is 8.08. The number of carbonyl (C=O) groups excluding carboxylic acids is 1. The van der Waals surface area contributed by atoms with Crippen LogP contribution in [-0.4, -0.2) is 56.5 Å². The maximum atomic E-state index is 13.2. The number of hydrogen-bond donors (Lipinski definition) is 0. The van der Waals surface area contributed by atoms with E-state index in [0.29, 0.717) is 48.4 Å². The van der Waals surface area contributed by atoms with Crippen LogP contribution in [0.2, 0.25) is 0 Å². The number of aryl methyl sites for hydroxylation is 1. The third-order valence-electron chi connectivity index (χ3n) is 5.81. The second kappa shape index (κ2) is 8.84. The summed E-state index contributed by atoms with van der Waals surface area (Å²) in [5.41, 5.74) is 2.89. The maximum absolute atomic E-state index is 13.2. The van der Waals surface area contributed by atoms with Crippen molar-refractivity contribution in [3.8, 4) is 10.6 Å². The predicted octanol–water partition coefficient (Wildman–Crippen LogP) is 3.22. The standard InChI is InChI=1S/C24H22FN5O2S/c1-16-4-2-3-5-20(16)23(32)29-12-10-28(11-13-29)15-19-14-21(31)30-24(26-19)33-22(27-30)17-6-8-18(25)9-7-17/h2-9,14H,10-13,15H2,1H3. The van der Waals surface area contributed by atoms with Crippen LogP contribution < -0.4 is 5.56 Å². The molecule has 0 unspecified atom stereocenters. The molecule has 9 heteroatoms. The van der Waals surface area contributed by atoms with Gasteiger partial charge in [-0.3, -0.25) is 14.5 Å². The molecule has 1 saturated heterocycles. The zero-order valence-electron chi connectivity index (χ0n) is 18.1. The summed E-state index contributed by atoms with van der Waals surface area (Å²) in [5.74, 6) is -0.262. The van der Waals surface area contributed by atoms with E-state index in [0.717, 1.165) is 16.7 Å². The Hall–Kier alpha value is -3.43. The SMILES string of the molecule is Cc1ccccc1C(=O)N1CCN(Cc2cc(=O)n3nc(-c4ccc(F)cc4)sc3n2)CC1. The summed E-state index contributed by atoms with van der Waals surface area (Å²) in [6.07, 6.45) is 0. The fourth-order valence-corrected chi connectivity index (χ4v) is 4.90. The van der Waals surface area contributed by atoms with Gasteiger partial charge in [-0.05, 0) is 42.8 Å². The summed E-state index contributed by atoms with van der Waals surface area (Å²) in [6, 6.07) is 15.1. The molecule has 1 fully saturated rings. The molecule has 5 rings (SSSR count). The Morgan fingerprint density at radius 3 is 2.52 bits per heavy atom. The molecule has 0 spiro atoms. The number of hydrogen-bond acceptors (Lipinski definition) is 6.